The molecule has 0 aliphatic heterocycles. The van der Waals surface area contributed by atoms with Crippen LogP contribution in [-0.2, 0) is 6.42 Å². The normalized spacial score (nSPS) is 13.0. The van der Waals surface area contributed by atoms with Crippen LogP contribution < -0.4 is 5.32 Å². The first-order valence-corrected chi connectivity index (χ1v) is 9.25. The van der Waals surface area contributed by atoms with E-state index in [0.717, 1.165) is 13.0 Å². The van der Waals surface area contributed by atoms with E-state index in [0.29, 0.717) is 5.41 Å². The summed E-state index contributed by atoms with van der Waals surface area (Å²) in [7, 11) is 0. The molecule has 1 aromatic carbocycles. The lowest BCUT2D eigenvalue weighted by molar-refractivity contribution is 0.273. The molecule has 2 rings (SSSR count). The SMILES string of the molecule is CC(C)(CCc1csc2c(Br)cccc12)CNC(C)(C)C. The monoisotopic (exact) mass is 367 g/mol. The van der Waals surface area contributed by atoms with Crippen molar-refractivity contribution in [2.24, 2.45) is 5.41 Å². The first kappa shape index (κ1) is 17.0. The Kier molecular flexibility index (Phi) is 5.17. The molecule has 2 aromatic rings. The van der Waals surface area contributed by atoms with Gasteiger partial charge in [0.25, 0.3) is 0 Å². The lowest BCUT2D eigenvalue weighted by Crippen LogP contribution is -2.42. The molecule has 0 atom stereocenters. The third-order valence-electron chi connectivity index (χ3n) is 3.80. The van der Waals surface area contributed by atoms with E-state index in [1.54, 1.807) is 0 Å². The van der Waals surface area contributed by atoms with Crippen LogP contribution in [0.5, 0.6) is 0 Å². The van der Waals surface area contributed by atoms with Gasteiger partial charge in [-0.3, -0.25) is 0 Å². The Morgan fingerprint density at radius 1 is 1.14 bits per heavy atom. The highest BCUT2D eigenvalue weighted by atomic mass is 79.9. The van der Waals surface area contributed by atoms with Crippen LogP contribution in [0, 0.1) is 5.41 Å². The predicted octanol–water partition coefficient (Wildman–Crippen LogP) is 6.01. The van der Waals surface area contributed by atoms with Gasteiger partial charge in [-0.05, 0) is 77.4 Å². The summed E-state index contributed by atoms with van der Waals surface area (Å²) in [6, 6.07) is 6.50. The van der Waals surface area contributed by atoms with Crippen molar-refractivity contribution in [1.29, 1.82) is 0 Å². The topological polar surface area (TPSA) is 12.0 Å². The molecule has 0 spiro atoms. The number of nitrogens with one attached hydrogen (secondary N) is 1. The molecule has 116 valence electrons. The van der Waals surface area contributed by atoms with Crippen LogP contribution in [-0.4, -0.2) is 12.1 Å². The number of aryl methyl sites for hydroxylation is 1. The van der Waals surface area contributed by atoms with Crippen LogP contribution in [0.4, 0.5) is 0 Å². The fourth-order valence-corrected chi connectivity index (χ4v) is 3.99. The van der Waals surface area contributed by atoms with E-state index in [1.165, 1.54) is 26.5 Å². The molecule has 0 radical (unpaired) electrons. The second-order valence-corrected chi connectivity index (χ2v) is 9.38. The van der Waals surface area contributed by atoms with Gasteiger partial charge in [0.1, 0.15) is 0 Å². The fraction of sp³-hybridized carbons (Fsp3) is 0.556. The Labute approximate surface area is 141 Å². The summed E-state index contributed by atoms with van der Waals surface area (Å²) in [5.41, 5.74) is 1.99. The second kappa shape index (κ2) is 6.39. The van der Waals surface area contributed by atoms with E-state index < -0.39 is 0 Å². The maximum atomic E-state index is 3.65. The van der Waals surface area contributed by atoms with Gasteiger partial charge in [-0.1, -0.05) is 26.0 Å². The maximum absolute atomic E-state index is 3.65. The summed E-state index contributed by atoms with van der Waals surface area (Å²) in [6.07, 6.45) is 2.35. The van der Waals surface area contributed by atoms with Gasteiger partial charge in [0.2, 0.25) is 0 Å². The van der Waals surface area contributed by atoms with E-state index in [-0.39, 0.29) is 5.54 Å². The quantitative estimate of drug-likeness (QED) is 0.681. The highest BCUT2D eigenvalue weighted by molar-refractivity contribution is 9.10. The molecule has 0 fully saturated rings. The van der Waals surface area contributed by atoms with Gasteiger partial charge in [0.15, 0.2) is 0 Å². The minimum Gasteiger partial charge on any atom is -0.312 e. The Hall–Kier alpha value is -0.380. The number of thiophene rings is 1. The van der Waals surface area contributed by atoms with E-state index in [9.17, 15) is 0 Å². The molecular formula is C18H26BrNS. The third-order valence-corrected chi connectivity index (χ3v) is 5.80. The summed E-state index contributed by atoms with van der Waals surface area (Å²) < 4.78 is 2.59. The largest absolute Gasteiger partial charge is 0.312 e. The Morgan fingerprint density at radius 3 is 2.52 bits per heavy atom. The van der Waals surface area contributed by atoms with Crippen molar-refractivity contribution in [3.63, 3.8) is 0 Å². The number of hydrogen-bond acceptors (Lipinski definition) is 2. The predicted molar refractivity (Wildman–Crippen MR) is 99.4 cm³/mol. The number of fused-ring (bicyclic) bond motifs is 1. The van der Waals surface area contributed by atoms with Gasteiger partial charge >= 0.3 is 0 Å². The lowest BCUT2D eigenvalue weighted by Gasteiger charge is -2.30. The van der Waals surface area contributed by atoms with Crippen LogP contribution in [0.2, 0.25) is 0 Å². The van der Waals surface area contributed by atoms with Crippen molar-refractivity contribution in [1.82, 2.24) is 5.32 Å². The molecule has 0 saturated heterocycles. The van der Waals surface area contributed by atoms with Crippen LogP contribution in [0.25, 0.3) is 10.1 Å². The molecule has 3 heteroatoms. The van der Waals surface area contributed by atoms with Crippen molar-refractivity contribution in [2.45, 2.75) is 53.0 Å². The molecule has 0 saturated carbocycles. The second-order valence-electron chi connectivity index (χ2n) is 7.65. The molecule has 0 amide bonds. The zero-order valence-electron chi connectivity index (χ0n) is 13.7. The summed E-state index contributed by atoms with van der Waals surface area (Å²) in [6.45, 7) is 12.5. The number of rotatable bonds is 5. The molecule has 1 heterocycles. The Bertz CT molecular complexity index is 607. The van der Waals surface area contributed by atoms with Crippen molar-refractivity contribution >= 4 is 37.4 Å². The molecule has 1 nitrogen and oxygen atoms in total. The van der Waals surface area contributed by atoms with Gasteiger partial charge in [0, 0.05) is 21.3 Å². The Morgan fingerprint density at radius 2 is 1.86 bits per heavy atom. The van der Waals surface area contributed by atoms with Gasteiger partial charge in [-0.25, -0.2) is 0 Å². The summed E-state index contributed by atoms with van der Waals surface area (Å²) in [5, 5.41) is 7.37. The van der Waals surface area contributed by atoms with Crippen molar-refractivity contribution in [3.05, 3.63) is 33.6 Å². The van der Waals surface area contributed by atoms with E-state index in [2.05, 4.69) is 79.4 Å². The minimum atomic E-state index is 0.192. The summed E-state index contributed by atoms with van der Waals surface area (Å²) in [4.78, 5) is 0. The van der Waals surface area contributed by atoms with Crippen LogP contribution >= 0.6 is 27.3 Å². The smallest absolute Gasteiger partial charge is 0.0487 e. The van der Waals surface area contributed by atoms with Gasteiger partial charge < -0.3 is 5.32 Å². The standard InChI is InChI=1S/C18H26BrNS/c1-17(2,3)20-12-18(4,5)10-9-13-11-21-16-14(13)7-6-8-15(16)19/h6-8,11,20H,9-10,12H2,1-5H3. The number of halogens is 1. The minimum absolute atomic E-state index is 0.192. The summed E-state index contributed by atoms with van der Waals surface area (Å²) in [5.74, 6) is 0. The molecule has 21 heavy (non-hydrogen) atoms. The zero-order valence-corrected chi connectivity index (χ0v) is 16.1. The van der Waals surface area contributed by atoms with Crippen LogP contribution in [0.1, 0.15) is 46.6 Å². The maximum Gasteiger partial charge on any atom is 0.0487 e. The zero-order chi connectivity index (χ0) is 15.7. The van der Waals surface area contributed by atoms with Gasteiger partial charge in [-0.2, -0.15) is 0 Å². The third kappa shape index (κ3) is 4.80. The molecule has 1 N–H and O–H groups in total. The molecule has 0 bridgehead atoms. The van der Waals surface area contributed by atoms with Crippen molar-refractivity contribution < 1.29 is 0 Å². The van der Waals surface area contributed by atoms with Gasteiger partial charge in [-0.15, -0.1) is 11.3 Å². The number of benzene rings is 1. The highest BCUT2D eigenvalue weighted by Gasteiger charge is 2.21. The number of hydrogen-bond donors (Lipinski definition) is 1. The summed E-state index contributed by atoms with van der Waals surface area (Å²) >= 11 is 5.49. The van der Waals surface area contributed by atoms with E-state index in [4.69, 9.17) is 0 Å². The van der Waals surface area contributed by atoms with Crippen LogP contribution in [0.3, 0.4) is 0 Å². The first-order chi connectivity index (χ1) is 9.68. The van der Waals surface area contributed by atoms with E-state index >= 15 is 0 Å². The fourth-order valence-electron chi connectivity index (χ4n) is 2.33. The van der Waals surface area contributed by atoms with Crippen LogP contribution in [0.15, 0.2) is 28.1 Å². The lowest BCUT2D eigenvalue weighted by atomic mass is 9.85. The average Bonchev–Trinajstić information content (AvgIpc) is 2.78. The van der Waals surface area contributed by atoms with Crippen molar-refractivity contribution in [3.8, 4) is 0 Å². The van der Waals surface area contributed by atoms with E-state index in [1.807, 2.05) is 11.3 Å². The van der Waals surface area contributed by atoms with Gasteiger partial charge in [0.05, 0.1) is 0 Å². The highest BCUT2D eigenvalue weighted by Crippen LogP contribution is 2.34. The van der Waals surface area contributed by atoms with Crippen molar-refractivity contribution in [2.75, 3.05) is 6.54 Å². The molecular weight excluding hydrogens is 342 g/mol. The Balaban J connectivity index is 2.03. The average molecular weight is 368 g/mol. The molecule has 0 unspecified atom stereocenters. The molecule has 0 aliphatic rings. The molecule has 0 aliphatic carbocycles. The first-order valence-electron chi connectivity index (χ1n) is 7.58. The molecule has 1 aromatic heterocycles.